The summed E-state index contributed by atoms with van der Waals surface area (Å²) in [5.41, 5.74) is 3.02. The monoisotopic (exact) mass is 480 g/mol. The number of thiophene rings is 1. The van der Waals surface area contributed by atoms with E-state index in [4.69, 9.17) is 11.6 Å². The summed E-state index contributed by atoms with van der Waals surface area (Å²) in [5.74, 6) is -0.0582. The zero-order chi connectivity index (χ0) is 23.4. The van der Waals surface area contributed by atoms with Gasteiger partial charge in [0.25, 0.3) is 0 Å². The minimum Gasteiger partial charge on any atom is -0.332 e. The first-order valence-corrected chi connectivity index (χ1v) is 12.7. The van der Waals surface area contributed by atoms with E-state index in [1.807, 2.05) is 67.3 Å². The molecular weight excluding hydrogens is 452 g/mol. The van der Waals surface area contributed by atoms with E-state index in [1.54, 1.807) is 16.2 Å². The summed E-state index contributed by atoms with van der Waals surface area (Å²) in [6, 6.07) is 21.4. The van der Waals surface area contributed by atoms with Crippen LogP contribution in [0.5, 0.6) is 0 Å². The second-order valence-electron chi connectivity index (χ2n) is 8.84. The molecule has 1 aromatic heterocycles. The smallest absolute Gasteiger partial charge is 0.245 e. The van der Waals surface area contributed by atoms with Crippen molar-refractivity contribution in [3.05, 3.63) is 93.7 Å². The lowest BCUT2D eigenvalue weighted by molar-refractivity contribution is -0.142. The van der Waals surface area contributed by atoms with Crippen LogP contribution in [0.1, 0.15) is 46.8 Å². The molecule has 1 aliphatic rings. The van der Waals surface area contributed by atoms with Crippen molar-refractivity contribution in [2.75, 3.05) is 19.6 Å². The highest BCUT2D eigenvalue weighted by atomic mass is 35.5. The highest BCUT2D eigenvalue weighted by molar-refractivity contribution is 7.10. The number of rotatable bonds is 7. The highest BCUT2D eigenvalue weighted by Gasteiger charge is 2.35. The second kappa shape index (κ2) is 10.5. The van der Waals surface area contributed by atoms with Gasteiger partial charge in [-0.05, 0) is 40.5 Å². The van der Waals surface area contributed by atoms with Gasteiger partial charge in [0.1, 0.15) is 5.38 Å². The number of fused-ring (bicyclic) bond motifs is 1. The number of nitrogens with zero attached hydrogens (tertiary/aromatic N) is 2. The number of hydrogen-bond donors (Lipinski definition) is 0. The predicted molar refractivity (Wildman–Crippen MR) is 134 cm³/mol. The molecular formula is C27H29ClN2O2S. The van der Waals surface area contributed by atoms with E-state index < -0.39 is 5.38 Å². The summed E-state index contributed by atoms with van der Waals surface area (Å²) >= 11 is 8.31. The first kappa shape index (κ1) is 23.5. The van der Waals surface area contributed by atoms with Gasteiger partial charge in [0.05, 0.1) is 12.6 Å². The largest absolute Gasteiger partial charge is 0.332 e. The molecule has 0 saturated heterocycles. The Morgan fingerprint density at radius 2 is 1.73 bits per heavy atom. The maximum Gasteiger partial charge on any atom is 0.245 e. The molecule has 0 radical (unpaired) electrons. The van der Waals surface area contributed by atoms with Gasteiger partial charge in [-0.25, -0.2) is 0 Å². The normalized spacial score (nSPS) is 16.4. The molecule has 0 saturated carbocycles. The van der Waals surface area contributed by atoms with Gasteiger partial charge in [0, 0.05) is 18.0 Å². The van der Waals surface area contributed by atoms with Crippen molar-refractivity contribution in [2.24, 2.45) is 5.92 Å². The van der Waals surface area contributed by atoms with Gasteiger partial charge in [0.15, 0.2) is 0 Å². The van der Waals surface area contributed by atoms with Crippen LogP contribution in [0.25, 0.3) is 0 Å². The second-order valence-corrected chi connectivity index (χ2v) is 10.3. The van der Waals surface area contributed by atoms with Crippen LogP contribution in [0.4, 0.5) is 0 Å². The molecule has 2 aromatic carbocycles. The first-order valence-electron chi connectivity index (χ1n) is 11.3. The molecule has 4 rings (SSSR count). The number of carbonyl (C=O) groups excluding carboxylic acids is 2. The number of benzene rings is 2. The molecule has 2 amide bonds. The number of halogens is 1. The highest BCUT2D eigenvalue weighted by Crippen LogP contribution is 2.38. The van der Waals surface area contributed by atoms with Gasteiger partial charge in [-0.15, -0.1) is 22.9 Å². The molecule has 172 valence electrons. The molecule has 1 aliphatic heterocycles. The predicted octanol–water partition coefficient (Wildman–Crippen LogP) is 5.69. The topological polar surface area (TPSA) is 40.6 Å². The first-order chi connectivity index (χ1) is 16.0. The zero-order valence-corrected chi connectivity index (χ0v) is 20.6. The molecule has 2 heterocycles. The summed E-state index contributed by atoms with van der Waals surface area (Å²) in [7, 11) is 0. The van der Waals surface area contributed by atoms with Crippen LogP contribution in [0, 0.1) is 5.92 Å². The fraction of sp³-hybridized carbons (Fsp3) is 0.333. The van der Waals surface area contributed by atoms with E-state index in [-0.39, 0.29) is 30.3 Å². The van der Waals surface area contributed by atoms with E-state index in [1.165, 1.54) is 10.4 Å². The minimum atomic E-state index is -0.812. The van der Waals surface area contributed by atoms with E-state index in [0.29, 0.717) is 13.1 Å². The fourth-order valence-corrected chi connectivity index (χ4v) is 5.62. The van der Waals surface area contributed by atoms with Crippen molar-refractivity contribution in [1.29, 1.82) is 0 Å². The number of alkyl halides is 1. The summed E-state index contributed by atoms with van der Waals surface area (Å²) in [5, 5.41) is 1.29. The van der Waals surface area contributed by atoms with Gasteiger partial charge in [0.2, 0.25) is 11.8 Å². The van der Waals surface area contributed by atoms with Crippen LogP contribution in [0.15, 0.2) is 72.1 Å². The number of amides is 2. The Kier molecular flexibility index (Phi) is 7.51. The Morgan fingerprint density at radius 3 is 2.39 bits per heavy atom. The van der Waals surface area contributed by atoms with Gasteiger partial charge in [-0.1, -0.05) is 74.5 Å². The van der Waals surface area contributed by atoms with Crippen molar-refractivity contribution in [2.45, 2.75) is 31.7 Å². The summed E-state index contributed by atoms with van der Waals surface area (Å²) in [6.45, 7) is 5.23. The lowest BCUT2D eigenvalue weighted by atomic mass is 9.93. The van der Waals surface area contributed by atoms with Crippen molar-refractivity contribution >= 4 is 34.8 Å². The lowest BCUT2D eigenvalue weighted by Crippen LogP contribution is -2.48. The van der Waals surface area contributed by atoms with Crippen molar-refractivity contribution < 1.29 is 9.59 Å². The average Bonchev–Trinajstić information content (AvgIpc) is 3.32. The van der Waals surface area contributed by atoms with Gasteiger partial charge in [-0.3, -0.25) is 9.59 Å². The molecule has 0 aliphatic carbocycles. The molecule has 4 nitrogen and oxygen atoms in total. The molecule has 2 atom stereocenters. The third-order valence-electron chi connectivity index (χ3n) is 5.93. The van der Waals surface area contributed by atoms with E-state index in [2.05, 4.69) is 23.6 Å². The van der Waals surface area contributed by atoms with Crippen LogP contribution in [-0.4, -0.2) is 41.2 Å². The Hall–Kier alpha value is -2.63. The van der Waals surface area contributed by atoms with Crippen LogP contribution in [0.3, 0.4) is 0 Å². The van der Waals surface area contributed by atoms with E-state index >= 15 is 0 Å². The minimum absolute atomic E-state index is 0.0237. The number of carbonyl (C=O) groups is 2. The van der Waals surface area contributed by atoms with E-state index in [0.717, 1.165) is 17.5 Å². The molecule has 0 spiro atoms. The van der Waals surface area contributed by atoms with Crippen LogP contribution in [-0.2, 0) is 16.0 Å². The maximum atomic E-state index is 13.7. The third kappa shape index (κ3) is 5.31. The van der Waals surface area contributed by atoms with Crippen molar-refractivity contribution in [1.82, 2.24) is 9.80 Å². The van der Waals surface area contributed by atoms with E-state index in [9.17, 15) is 9.59 Å². The quantitative estimate of drug-likeness (QED) is 0.408. The van der Waals surface area contributed by atoms with Gasteiger partial charge in [-0.2, -0.15) is 0 Å². The Bertz CT molecular complexity index is 1080. The zero-order valence-electron chi connectivity index (χ0n) is 19.0. The third-order valence-corrected chi connectivity index (χ3v) is 7.37. The Morgan fingerprint density at radius 1 is 1.06 bits per heavy atom. The summed E-state index contributed by atoms with van der Waals surface area (Å²) < 4.78 is 0. The molecule has 3 aromatic rings. The molecule has 0 bridgehead atoms. The molecule has 33 heavy (non-hydrogen) atoms. The van der Waals surface area contributed by atoms with Crippen molar-refractivity contribution in [3.63, 3.8) is 0 Å². The van der Waals surface area contributed by atoms with Crippen LogP contribution < -0.4 is 0 Å². The fourth-order valence-electron chi connectivity index (χ4n) is 4.43. The molecule has 0 N–H and O–H groups in total. The maximum absolute atomic E-state index is 13.7. The Balaban J connectivity index is 1.58. The van der Waals surface area contributed by atoms with Crippen molar-refractivity contribution in [3.8, 4) is 0 Å². The Labute approximate surface area is 204 Å². The summed E-state index contributed by atoms with van der Waals surface area (Å²) in [4.78, 5) is 31.9. The van der Waals surface area contributed by atoms with Gasteiger partial charge < -0.3 is 9.80 Å². The molecule has 2 unspecified atom stereocenters. The van der Waals surface area contributed by atoms with Gasteiger partial charge >= 0.3 is 0 Å². The molecule has 0 fully saturated rings. The van der Waals surface area contributed by atoms with Crippen LogP contribution >= 0.6 is 22.9 Å². The number of hydrogen-bond acceptors (Lipinski definition) is 3. The van der Waals surface area contributed by atoms with Crippen LogP contribution in [0.2, 0.25) is 0 Å². The SMILES string of the molecule is CC(C)CN(CC(=O)N1CCc2sccc2C1c1ccccc1)C(=O)C(Cl)c1ccccc1. The summed E-state index contributed by atoms with van der Waals surface area (Å²) in [6.07, 6.45) is 0.836. The molecule has 6 heteroatoms. The average molecular weight is 481 g/mol. The lowest BCUT2D eigenvalue weighted by Gasteiger charge is -2.38. The standard InChI is InChI=1S/C27H29ClN2O2S/c1-19(2)17-29(27(32)25(28)20-9-5-3-6-10-20)18-24(31)30-15-13-23-22(14-16-33-23)26(30)21-11-7-4-8-12-21/h3-12,14,16,19,25-26H,13,15,17-18H2,1-2H3.